The molecular weight excluding hydrogens is 462 g/mol. The first-order chi connectivity index (χ1) is 17.4. The van der Waals surface area contributed by atoms with Crippen LogP contribution in [0.3, 0.4) is 0 Å². The third kappa shape index (κ3) is 4.79. The molecule has 1 atom stereocenters. The fraction of sp³-hybridized carbons (Fsp3) is 0.194. The van der Waals surface area contributed by atoms with Gasteiger partial charge in [-0.25, -0.2) is 9.97 Å². The normalized spacial score (nSPS) is 12.0. The third-order valence-electron chi connectivity index (χ3n) is 6.88. The minimum absolute atomic E-state index is 0.188. The molecule has 5 rings (SSSR count). The first-order valence-corrected chi connectivity index (χ1v) is 13.2. The number of fused-ring (bicyclic) bond motifs is 1. The van der Waals surface area contributed by atoms with E-state index in [9.17, 15) is 4.79 Å². The highest BCUT2D eigenvalue weighted by atomic mass is 32.1. The Hall–Kier alpha value is -3.83. The summed E-state index contributed by atoms with van der Waals surface area (Å²) in [4.78, 5) is 23.0. The number of amides is 1. The maximum absolute atomic E-state index is 13.5. The number of thiazole rings is 1. The largest absolute Gasteiger partial charge is 0.298 e. The number of hydrogen-bond donors (Lipinski definition) is 1. The molecule has 3 aromatic carbocycles. The number of rotatable bonds is 6. The molecule has 1 amide bonds. The number of carbonyl (C=O) groups excluding carboxylic acids is 1. The van der Waals surface area contributed by atoms with Crippen LogP contribution in [0, 0.1) is 13.8 Å². The highest BCUT2D eigenvalue weighted by Gasteiger charge is 2.16. The molecule has 4 nitrogen and oxygen atoms in total. The van der Waals surface area contributed by atoms with Crippen molar-refractivity contribution in [1.82, 2.24) is 9.97 Å². The summed E-state index contributed by atoms with van der Waals surface area (Å²) in [6.07, 6.45) is 1.11. The molecule has 1 N–H and O–H groups in total. The van der Waals surface area contributed by atoms with E-state index in [1.807, 2.05) is 35.7 Å². The minimum atomic E-state index is -0.188. The molecule has 0 saturated heterocycles. The Bertz CT molecular complexity index is 1550. The zero-order chi connectivity index (χ0) is 25.2. The number of pyridine rings is 1. The van der Waals surface area contributed by atoms with E-state index >= 15 is 0 Å². The fourth-order valence-electron chi connectivity index (χ4n) is 4.26. The molecule has 0 radical (unpaired) electrons. The van der Waals surface area contributed by atoms with Crippen LogP contribution in [0.1, 0.15) is 53.2 Å². The van der Waals surface area contributed by atoms with Gasteiger partial charge < -0.3 is 0 Å². The van der Waals surface area contributed by atoms with Gasteiger partial charge in [-0.3, -0.25) is 10.1 Å². The standard InChI is InChI=1S/C31H29N3OS/c1-5-19(2)22-12-14-23(15-13-22)29-18-36-31(33-29)34-30(35)26-17-28(24-11-10-20(3)21(4)16-24)32-27-9-7-6-8-25(26)27/h6-19H,5H2,1-4H3,(H,33,34,35). The van der Waals surface area contributed by atoms with Crippen LogP contribution in [0.25, 0.3) is 33.4 Å². The van der Waals surface area contributed by atoms with Gasteiger partial charge >= 0.3 is 0 Å². The molecule has 2 heterocycles. The Morgan fingerprint density at radius 3 is 2.39 bits per heavy atom. The van der Waals surface area contributed by atoms with E-state index in [1.54, 1.807) is 0 Å². The lowest BCUT2D eigenvalue weighted by Crippen LogP contribution is -2.13. The summed E-state index contributed by atoms with van der Waals surface area (Å²) < 4.78 is 0. The molecule has 0 saturated carbocycles. The van der Waals surface area contributed by atoms with Crippen LogP contribution in [0.5, 0.6) is 0 Å². The zero-order valence-corrected chi connectivity index (χ0v) is 21.8. The summed E-state index contributed by atoms with van der Waals surface area (Å²) in [6.45, 7) is 8.62. The van der Waals surface area contributed by atoms with Crippen LogP contribution in [-0.2, 0) is 0 Å². The monoisotopic (exact) mass is 491 g/mol. The smallest absolute Gasteiger partial charge is 0.258 e. The van der Waals surface area contributed by atoms with Gasteiger partial charge in [-0.1, -0.05) is 68.4 Å². The topological polar surface area (TPSA) is 54.9 Å². The van der Waals surface area contributed by atoms with Gasteiger partial charge in [0.05, 0.1) is 22.5 Å². The predicted octanol–water partition coefficient (Wildman–Crippen LogP) is 8.41. The molecule has 5 aromatic rings. The lowest BCUT2D eigenvalue weighted by Gasteiger charge is -2.11. The average Bonchev–Trinajstić information content (AvgIpc) is 3.37. The molecule has 0 aliphatic heterocycles. The van der Waals surface area contributed by atoms with Gasteiger partial charge in [-0.2, -0.15) is 0 Å². The van der Waals surface area contributed by atoms with Crippen molar-refractivity contribution in [3.8, 4) is 22.5 Å². The Morgan fingerprint density at radius 2 is 1.64 bits per heavy atom. The Kier molecular flexibility index (Phi) is 6.66. The van der Waals surface area contributed by atoms with Gasteiger partial charge in [0.15, 0.2) is 5.13 Å². The Morgan fingerprint density at radius 1 is 0.889 bits per heavy atom. The molecule has 180 valence electrons. The number of aryl methyl sites for hydroxylation is 2. The number of anilines is 1. The number of para-hydroxylation sites is 1. The number of carbonyl (C=O) groups is 1. The van der Waals surface area contributed by atoms with Crippen molar-refractivity contribution in [2.45, 2.75) is 40.0 Å². The SMILES string of the molecule is CCC(C)c1ccc(-c2csc(NC(=O)c3cc(-c4ccc(C)c(C)c4)nc4ccccc34)n2)cc1. The van der Waals surface area contributed by atoms with E-state index in [-0.39, 0.29) is 5.91 Å². The second kappa shape index (κ2) is 10.0. The van der Waals surface area contributed by atoms with Crippen LogP contribution in [0.2, 0.25) is 0 Å². The highest BCUT2D eigenvalue weighted by Crippen LogP contribution is 2.30. The first-order valence-electron chi connectivity index (χ1n) is 12.3. The third-order valence-corrected chi connectivity index (χ3v) is 7.63. The van der Waals surface area contributed by atoms with Crippen molar-refractivity contribution in [3.63, 3.8) is 0 Å². The summed E-state index contributed by atoms with van der Waals surface area (Å²) in [5.41, 5.74) is 8.81. The van der Waals surface area contributed by atoms with Crippen LogP contribution in [-0.4, -0.2) is 15.9 Å². The van der Waals surface area contributed by atoms with Crippen molar-refractivity contribution in [2.24, 2.45) is 0 Å². The van der Waals surface area contributed by atoms with Crippen LogP contribution in [0.4, 0.5) is 5.13 Å². The van der Waals surface area contributed by atoms with Gasteiger partial charge in [0.25, 0.3) is 5.91 Å². The van der Waals surface area contributed by atoms with Crippen molar-refractivity contribution < 1.29 is 4.79 Å². The second-order valence-corrected chi connectivity index (χ2v) is 10.2. The lowest BCUT2D eigenvalue weighted by atomic mass is 9.97. The summed E-state index contributed by atoms with van der Waals surface area (Å²) in [5, 5.41) is 6.40. The summed E-state index contributed by atoms with van der Waals surface area (Å²) >= 11 is 1.43. The molecule has 0 aliphatic carbocycles. The van der Waals surface area contributed by atoms with E-state index in [4.69, 9.17) is 9.97 Å². The molecule has 36 heavy (non-hydrogen) atoms. The fourth-order valence-corrected chi connectivity index (χ4v) is 4.97. The van der Waals surface area contributed by atoms with Gasteiger partial charge in [-0.15, -0.1) is 11.3 Å². The van der Waals surface area contributed by atoms with E-state index < -0.39 is 0 Å². The number of benzene rings is 3. The van der Waals surface area contributed by atoms with E-state index in [0.717, 1.165) is 39.8 Å². The van der Waals surface area contributed by atoms with Crippen molar-refractivity contribution in [1.29, 1.82) is 0 Å². The summed E-state index contributed by atoms with van der Waals surface area (Å²) in [5.74, 6) is 0.347. The molecule has 0 fully saturated rings. The van der Waals surface area contributed by atoms with Crippen molar-refractivity contribution in [3.05, 3.63) is 100 Å². The van der Waals surface area contributed by atoms with Crippen molar-refractivity contribution >= 4 is 33.3 Å². The predicted molar refractivity (Wildman–Crippen MR) is 151 cm³/mol. The minimum Gasteiger partial charge on any atom is -0.298 e. The van der Waals surface area contributed by atoms with E-state index in [2.05, 4.69) is 75.5 Å². The Balaban J connectivity index is 1.44. The average molecular weight is 492 g/mol. The van der Waals surface area contributed by atoms with E-state index in [1.165, 1.54) is 28.0 Å². The zero-order valence-electron chi connectivity index (χ0n) is 21.0. The molecule has 0 spiro atoms. The van der Waals surface area contributed by atoms with Gasteiger partial charge in [0, 0.05) is 21.9 Å². The summed E-state index contributed by atoms with van der Waals surface area (Å²) in [7, 11) is 0. The first kappa shape index (κ1) is 23.9. The quantitative estimate of drug-likeness (QED) is 0.259. The highest BCUT2D eigenvalue weighted by molar-refractivity contribution is 7.14. The van der Waals surface area contributed by atoms with Crippen LogP contribution in [0.15, 0.2) is 78.2 Å². The Labute approximate surface area is 216 Å². The van der Waals surface area contributed by atoms with Gasteiger partial charge in [0.1, 0.15) is 0 Å². The maximum Gasteiger partial charge on any atom is 0.258 e. The van der Waals surface area contributed by atoms with Crippen LogP contribution < -0.4 is 5.32 Å². The summed E-state index contributed by atoms with van der Waals surface area (Å²) in [6, 6.07) is 24.4. The number of nitrogens with zero attached hydrogens (tertiary/aromatic N) is 2. The number of aromatic nitrogens is 2. The molecule has 0 aliphatic rings. The van der Waals surface area contributed by atoms with Crippen molar-refractivity contribution in [2.75, 3.05) is 5.32 Å². The molecular formula is C31H29N3OS. The molecule has 1 unspecified atom stereocenters. The van der Waals surface area contributed by atoms with Gasteiger partial charge in [-0.05, 0) is 61.1 Å². The van der Waals surface area contributed by atoms with Gasteiger partial charge in [0.2, 0.25) is 0 Å². The lowest BCUT2D eigenvalue weighted by molar-refractivity contribution is 0.102. The molecule has 5 heteroatoms. The van der Waals surface area contributed by atoms with Crippen LogP contribution >= 0.6 is 11.3 Å². The van der Waals surface area contributed by atoms with E-state index in [0.29, 0.717) is 16.6 Å². The maximum atomic E-state index is 13.5. The number of nitrogens with one attached hydrogen (secondary N) is 1. The number of hydrogen-bond acceptors (Lipinski definition) is 4. The molecule has 0 bridgehead atoms. The molecule has 2 aromatic heterocycles. The second-order valence-electron chi connectivity index (χ2n) is 9.29.